The van der Waals surface area contributed by atoms with Crippen molar-refractivity contribution in [2.24, 2.45) is 0 Å². The van der Waals surface area contributed by atoms with E-state index in [1.807, 2.05) is 18.5 Å². The first kappa shape index (κ1) is 14.1. The first-order valence-corrected chi connectivity index (χ1v) is 6.31. The summed E-state index contributed by atoms with van der Waals surface area (Å²) in [6.45, 7) is 7.73. The Balaban J connectivity index is 2.96. The van der Waals surface area contributed by atoms with Gasteiger partial charge >= 0.3 is 0 Å². The van der Waals surface area contributed by atoms with Crippen LogP contribution in [0.3, 0.4) is 0 Å². The van der Waals surface area contributed by atoms with Crippen LogP contribution in [0.25, 0.3) is 0 Å². The van der Waals surface area contributed by atoms with Crippen LogP contribution in [0.1, 0.15) is 38.8 Å². The monoisotopic (exact) mass is 235 g/mol. The summed E-state index contributed by atoms with van der Waals surface area (Å²) in [6, 6.07) is 4.44. The Morgan fingerprint density at radius 1 is 1.41 bits per heavy atom. The van der Waals surface area contributed by atoms with Crippen molar-refractivity contribution in [3.8, 4) is 0 Å². The number of aromatic nitrogens is 1. The molecule has 1 unspecified atom stereocenters. The van der Waals surface area contributed by atoms with Crippen molar-refractivity contribution in [2.75, 3.05) is 20.6 Å². The predicted molar refractivity (Wildman–Crippen MR) is 73.0 cm³/mol. The molecule has 1 heterocycles. The molecular formula is C14H25N3. The zero-order chi connectivity index (χ0) is 12.9. The molecule has 0 spiro atoms. The predicted octanol–water partition coefficient (Wildman–Crippen LogP) is 2.46. The fourth-order valence-corrected chi connectivity index (χ4v) is 1.87. The lowest BCUT2D eigenvalue weighted by Crippen LogP contribution is -2.49. The Morgan fingerprint density at radius 3 is 2.59 bits per heavy atom. The van der Waals surface area contributed by atoms with Crippen molar-refractivity contribution >= 4 is 0 Å². The van der Waals surface area contributed by atoms with E-state index in [2.05, 4.69) is 56.1 Å². The maximum Gasteiger partial charge on any atom is 0.0516 e. The Hall–Kier alpha value is -0.930. The molecule has 0 fully saturated rings. The summed E-state index contributed by atoms with van der Waals surface area (Å²) in [4.78, 5) is 6.49. The van der Waals surface area contributed by atoms with Crippen LogP contribution in [0.4, 0.5) is 0 Å². The number of pyridine rings is 1. The largest absolute Gasteiger partial charge is 0.308 e. The summed E-state index contributed by atoms with van der Waals surface area (Å²) < 4.78 is 0. The maximum atomic E-state index is 4.23. The molecule has 3 heteroatoms. The van der Waals surface area contributed by atoms with E-state index in [-0.39, 0.29) is 5.54 Å². The molecule has 0 aliphatic rings. The minimum Gasteiger partial charge on any atom is -0.308 e. The second kappa shape index (κ2) is 6.12. The van der Waals surface area contributed by atoms with Crippen LogP contribution >= 0.6 is 0 Å². The summed E-state index contributed by atoms with van der Waals surface area (Å²) in [7, 11) is 4.24. The lowest BCUT2D eigenvalue weighted by atomic mass is 9.88. The van der Waals surface area contributed by atoms with Gasteiger partial charge in [0, 0.05) is 17.9 Å². The molecule has 1 atom stereocenters. The molecule has 17 heavy (non-hydrogen) atoms. The zero-order valence-electron chi connectivity index (χ0n) is 11.7. The SMILES string of the molecule is CCCNC(c1cccnc1)C(C)(C)N(C)C. The minimum absolute atomic E-state index is 0.0538. The minimum atomic E-state index is 0.0538. The number of likely N-dealkylation sites (N-methyl/N-ethyl adjacent to an activating group) is 1. The van der Waals surface area contributed by atoms with Crippen molar-refractivity contribution in [2.45, 2.75) is 38.8 Å². The second-order valence-electron chi connectivity index (χ2n) is 5.22. The van der Waals surface area contributed by atoms with E-state index in [4.69, 9.17) is 0 Å². The van der Waals surface area contributed by atoms with Crippen LogP contribution in [0.5, 0.6) is 0 Å². The van der Waals surface area contributed by atoms with Gasteiger partial charge in [0.25, 0.3) is 0 Å². The van der Waals surface area contributed by atoms with Gasteiger partial charge in [0.15, 0.2) is 0 Å². The highest BCUT2D eigenvalue weighted by atomic mass is 15.2. The van der Waals surface area contributed by atoms with Gasteiger partial charge in [0.05, 0.1) is 6.04 Å². The molecule has 96 valence electrons. The summed E-state index contributed by atoms with van der Waals surface area (Å²) in [5, 5.41) is 3.63. The summed E-state index contributed by atoms with van der Waals surface area (Å²) in [5.74, 6) is 0. The van der Waals surface area contributed by atoms with Crippen molar-refractivity contribution in [1.82, 2.24) is 15.2 Å². The molecule has 1 N–H and O–H groups in total. The van der Waals surface area contributed by atoms with Crippen LogP contribution in [0.2, 0.25) is 0 Å². The van der Waals surface area contributed by atoms with Gasteiger partial charge in [-0.15, -0.1) is 0 Å². The molecule has 0 amide bonds. The zero-order valence-corrected chi connectivity index (χ0v) is 11.7. The summed E-state index contributed by atoms with van der Waals surface area (Å²) in [5.41, 5.74) is 1.30. The average molecular weight is 235 g/mol. The van der Waals surface area contributed by atoms with Gasteiger partial charge in [-0.2, -0.15) is 0 Å². The molecule has 0 saturated carbocycles. The quantitative estimate of drug-likeness (QED) is 0.821. The third kappa shape index (κ3) is 3.51. The van der Waals surface area contributed by atoms with E-state index in [1.165, 1.54) is 5.56 Å². The van der Waals surface area contributed by atoms with Gasteiger partial charge < -0.3 is 10.2 Å². The molecule has 0 aliphatic heterocycles. The van der Waals surface area contributed by atoms with Crippen molar-refractivity contribution in [3.63, 3.8) is 0 Å². The van der Waals surface area contributed by atoms with E-state index in [9.17, 15) is 0 Å². The van der Waals surface area contributed by atoms with E-state index in [0.717, 1.165) is 13.0 Å². The van der Waals surface area contributed by atoms with Crippen LogP contribution in [-0.2, 0) is 0 Å². The summed E-state index contributed by atoms with van der Waals surface area (Å²) in [6.07, 6.45) is 4.92. The average Bonchev–Trinajstić information content (AvgIpc) is 2.30. The van der Waals surface area contributed by atoms with Gasteiger partial charge in [-0.05, 0) is 52.5 Å². The molecule has 0 saturated heterocycles. The molecule has 3 nitrogen and oxygen atoms in total. The highest BCUT2D eigenvalue weighted by Gasteiger charge is 2.32. The normalized spacial score (nSPS) is 14.0. The third-order valence-electron chi connectivity index (χ3n) is 3.48. The fourth-order valence-electron chi connectivity index (χ4n) is 1.87. The number of nitrogens with one attached hydrogen (secondary N) is 1. The highest BCUT2D eigenvalue weighted by Crippen LogP contribution is 2.28. The molecule has 0 bridgehead atoms. The summed E-state index contributed by atoms with van der Waals surface area (Å²) >= 11 is 0. The Kier molecular flexibility index (Phi) is 5.09. The smallest absolute Gasteiger partial charge is 0.0516 e. The molecule has 0 aliphatic carbocycles. The van der Waals surface area contributed by atoms with Crippen molar-refractivity contribution in [1.29, 1.82) is 0 Å². The standard InChI is InChI=1S/C14H25N3/c1-6-9-16-13(14(2,3)17(4)5)12-8-7-10-15-11-12/h7-8,10-11,13,16H,6,9H2,1-5H3. The van der Waals surface area contributed by atoms with Crippen molar-refractivity contribution < 1.29 is 0 Å². The topological polar surface area (TPSA) is 28.2 Å². The van der Waals surface area contributed by atoms with E-state index in [0.29, 0.717) is 6.04 Å². The van der Waals surface area contributed by atoms with Gasteiger partial charge in [-0.25, -0.2) is 0 Å². The van der Waals surface area contributed by atoms with Crippen LogP contribution in [-0.4, -0.2) is 36.1 Å². The maximum absolute atomic E-state index is 4.23. The number of hydrogen-bond donors (Lipinski definition) is 1. The number of nitrogens with zero attached hydrogens (tertiary/aromatic N) is 2. The molecule has 1 aromatic heterocycles. The highest BCUT2D eigenvalue weighted by molar-refractivity contribution is 5.18. The van der Waals surface area contributed by atoms with Crippen LogP contribution in [0.15, 0.2) is 24.5 Å². The van der Waals surface area contributed by atoms with Gasteiger partial charge in [0.1, 0.15) is 0 Å². The third-order valence-corrected chi connectivity index (χ3v) is 3.48. The van der Waals surface area contributed by atoms with Gasteiger partial charge in [-0.1, -0.05) is 13.0 Å². The van der Waals surface area contributed by atoms with Crippen LogP contribution in [0, 0.1) is 0 Å². The lowest BCUT2D eigenvalue weighted by Gasteiger charge is -2.41. The molecule has 1 rings (SSSR count). The first-order valence-electron chi connectivity index (χ1n) is 6.31. The van der Waals surface area contributed by atoms with E-state index >= 15 is 0 Å². The lowest BCUT2D eigenvalue weighted by molar-refractivity contribution is 0.138. The number of hydrogen-bond acceptors (Lipinski definition) is 3. The fraction of sp³-hybridized carbons (Fsp3) is 0.643. The van der Waals surface area contributed by atoms with E-state index in [1.54, 1.807) is 0 Å². The van der Waals surface area contributed by atoms with Gasteiger partial charge in [-0.3, -0.25) is 4.98 Å². The Labute approximate surface area is 105 Å². The molecule has 0 radical (unpaired) electrons. The molecule has 1 aromatic rings. The number of rotatable bonds is 6. The molecular weight excluding hydrogens is 210 g/mol. The molecule has 0 aromatic carbocycles. The van der Waals surface area contributed by atoms with Gasteiger partial charge in [0.2, 0.25) is 0 Å². The van der Waals surface area contributed by atoms with Crippen LogP contribution < -0.4 is 5.32 Å². The first-order chi connectivity index (χ1) is 8.00. The Bertz CT molecular complexity index is 319. The second-order valence-corrected chi connectivity index (χ2v) is 5.22. The Morgan fingerprint density at radius 2 is 2.12 bits per heavy atom. The van der Waals surface area contributed by atoms with Crippen molar-refractivity contribution in [3.05, 3.63) is 30.1 Å². The van der Waals surface area contributed by atoms with E-state index < -0.39 is 0 Å².